The van der Waals surface area contributed by atoms with E-state index in [4.69, 9.17) is 9.47 Å². The molecule has 0 aliphatic heterocycles. The molecule has 0 bridgehead atoms. The Balaban J connectivity index is 1.77. The van der Waals surface area contributed by atoms with Crippen LogP contribution in [-0.4, -0.2) is 44.2 Å². The van der Waals surface area contributed by atoms with E-state index in [1.807, 2.05) is 46.5 Å². The zero-order valence-corrected chi connectivity index (χ0v) is 15.8. The van der Waals surface area contributed by atoms with E-state index in [-0.39, 0.29) is 5.97 Å². The third-order valence-corrected chi connectivity index (χ3v) is 4.08. The number of hydrogen-bond donors (Lipinski definition) is 0. The summed E-state index contributed by atoms with van der Waals surface area (Å²) in [5, 5.41) is 12.9. The fourth-order valence-corrected chi connectivity index (χ4v) is 2.82. The van der Waals surface area contributed by atoms with Gasteiger partial charge in [0.1, 0.15) is 17.8 Å². The van der Waals surface area contributed by atoms with Gasteiger partial charge in [0.05, 0.1) is 26.0 Å². The highest BCUT2D eigenvalue weighted by Crippen LogP contribution is 2.20. The van der Waals surface area contributed by atoms with Gasteiger partial charge in [0.25, 0.3) is 0 Å². The number of carbonyl (C=O) groups is 1. The SMILES string of the molecule is COc1ccc(Cn2cnnc2-c2cc(C)nn2CCCOC(C)=O)cc1. The van der Waals surface area contributed by atoms with E-state index >= 15 is 0 Å². The lowest BCUT2D eigenvalue weighted by molar-refractivity contribution is -0.141. The lowest BCUT2D eigenvalue weighted by Crippen LogP contribution is -2.10. The van der Waals surface area contributed by atoms with E-state index in [1.165, 1.54) is 6.92 Å². The summed E-state index contributed by atoms with van der Waals surface area (Å²) in [6.45, 7) is 4.99. The van der Waals surface area contributed by atoms with Gasteiger partial charge in [0.15, 0.2) is 5.82 Å². The summed E-state index contributed by atoms with van der Waals surface area (Å²) in [6, 6.07) is 9.89. The van der Waals surface area contributed by atoms with Crippen LogP contribution in [0.4, 0.5) is 0 Å². The van der Waals surface area contributed by atoms with Gasteiger partial charge in [0, 0.05) is 19.9 Å². The Hall–Kier alpha value is -3.16. The van der Waals surface area contributed by atoms with Crippen molar-refractivity contribution in [3.05, 3.63) is 47.9 Å². The normalized spacial score (nSPS) is 10.8. The van der Waals surface area contributed by atoms with Crippen LogP contribution < -0.4 is 4.74 Å². The second-order valence-electron chi connectivity index (χ2n) is 6.22. The van der Waals surface area contributed by atoms with Gasteiger partial charge >= 0.3 is 5.97 Å². The van der Waals surface area contributed by atoms with E-state index in [2.05, 4.69) is 15.3 Å². The summed E-state index contributed by atoms with van der Waals surface area (Å²) >= 11 is 0. The third kappa shape index (κ3) is 4.72. The maximum atomic E-state index is 10.9. The first-order chi connectivity index (χ1) is 13.1. The van der Waals surface area contributed by atoms with Gasteiger partial charge in [-0.2, -0.15) is 5.10 Å². The molecule has 0 amide bonds. The maximum Gasteiger partial charge on any atom is 0.302 e. The number of hydrogen-bond acceptors (Lipinski definition) is 6. The van der Waals surface area contributed by atoms with E-state index < -0.39 is 0 Å². The van der Waals surface area contributed by atoms with Crippen LogP contribution in [0.25, 0.3) is 11.5 Å². The smallest absolute Gasteiger partial charge is 0.302 e. The van der Waals surface area contributed by atoms with Crippen LogP contribution in [0.2, 0.25) is 0 Å². The number of rotatable bonds is 8. The van der Waals surface area contributed by atoms with Gasteiger partial charge in [-0.15, -0.1) is 10.2 Å². The van der Waals surface area contributed by atoms with Gasteiger partial charge in [-0.1, -0.05) is 12.1 Å². The van der Waals surface area contributed by atoms with Crippen LogP contribution >= 0.6 is 0 Å². The molecule has 142 valence electrons. The Kier molecular flexibility index (Phi) is 5.85. The molecule has 0 aliphatic carbocycles. The number of benzene rings is 1. The van der Waals surface area contributed by atoms with Crippen LogP contribution in [0.3, 0.4) is 0 Å². The number of aryl methyl sites for hydroxylation is 2. The molecule has 1 aromatic carbocycles. The summed E-state index contributed by atoms with van der Waals surface area (Å²) in [6.07, 6.45) is 2.39. The molecule has 0 unspecified atom stereocenters. The molecule has 0 fully saturated rings. The molecule has 0 radical (unpaired) electrons. The molecule has 8 heteroatoms. The molecule has 0 aliphatic rings. The fraction of sp³-hybridized carbons (Fsp3) is 0.368. The van der Waals surface area contributed by atoms with E-state index in [0.717, 1.165) is 28.5 Å². The summed E-state index contributed by atoms with van der Waals surface area (Å²) in [4.78, 5) is 10.9. The number of esters is 1. The van der Waals surface area contributed by atoms with E-state index in [1.54, 1.807) is 13.4 Å². The lowest BCUT2D eigenvalue weighted by atomic mass is 10.2. The van der Waals surface area contributed by atoms with E-state index in [9.17, 15) is 4.79 Å². The lowest BCUT2D eigenvalue weighted by Gasteiger charge is -2.10. The molecular weight excluding hydrogens is 346 g/mol. The topological polar surface area (TPSA) is 84.1 Å². The van der Waals surface area contributed by atoms with Gasteiger partial charge in [-0.25, -0.2) is 0 Å². The van der Waals surface area contributed by atoms with Crippen LogP contribution in [-0.2, 0) is 22.6 Å². The molecule has 27 heavy (non-hydrogen) atoms. The fourth-order valence-electron chi connectivity index (χ4n) is 2.82. The van der Waals surface area contributed by atoms with Crippen LogP contribution in [0.1, 0.15) is 24.6 Å². The van der Waals surface area contributed by atoms with Crippen molar-refractivity contribution in [1.29, 1.82) is 0 Å². The van der Waals surface area contributed by atoms with Gasteiger partial charge in [-0.3, -0.25) is 9.48 Å². The predicted octanol–water partition coefficient (Wildman–Crippen LogP) is 2.46. The first kappa shape index (κ1) is 18.6. The second-order valence-corrected chi connectivity index (χ2v) is 6.22. The molecule has 0 spiro atoms. The largest absolute Gasteiger partial charge is 0.497 e. The van der Waals surface area contributed by atoms with Crippen LogP contribution in [0.5, 0.6) is 5.75 Å². The van der Waals surface area contributed by atoms with Crippen LogP contribution in [0.15, 0.2) is 36.7 Å². The zero-order valence-electron chi connectivity index (χ0n) is 15.8. The van der Waals surface area contributed by atoms with Crippen molar-refractivity contribution in [1.82, 2.24) is 24.5 Å². The summed E-state index contributed by atoms with van der Waals surface area (Å²) in [5.41, 5.74) is 2.91. The Morgan fingerprint density at radius 3 is 2.70 bits per heavy atom. The van der Waals surface area contributed by atoms with Gasteiger partial charge < -0.3 is 14.0 Å². The van der Waals surface area contributed by atoms with Crippen molar-refractivity contribution in [2.75, 3.05) is 13.7 Å². The maximum absolute atomic E-state index is 10.9. The Labute approximate surface area is 157 Å². The minimum absolute atomic E-state index is 0.272. The summed E-state index contributed by atoms with van der Waals surface area (Å²) < 4.78 is 14.1. The minimum Gasteiger partial charge on any atom is -0.497 e. The molecule has 0 atom stereocenters. The molecule has 2 heterocycles. The van der Waals surface area contributed by atoms with Crippen molar-refractivity contribution in [3.8, 4) is 17.3 Å². The molecule has 3 rings (SSSR count). The van der Waals surface area contributed by atoms with Crippen molar-refractivity contribution in [3.63, 3.8) is 0 Å². The number of aromatic nitrogens is 5. The number of nitrogens with zero attached hydrogens (tertiary/aromatic N) is 5. The average molecular weight is 369 g/mol. The molecule has 8 nitrogen and oxygen atoms in total. The Bertz CT molecular complexity index is 898. The highest BCUT2D eigenvalue weighted by Gasteiger charge is 2.15. The monoisotopic (exact) mass is 369 g/mol. The molecule has 3 aromatic rings. The highest BCUT2D eigenvalue weighted by molar-refractivity contribution is 5.65. The summed E-state index contributed by atoms with van der Waals surface area (Å²) in [5.74, 6) is 1.30. The quantitative estimate of drug-likeness (QED) is 0.448. The third-order valence-electron chi connectivity index (χ3n) is 4.08. The first-order valence-electron chi connectivity index (χ1n) is 8.75. The van der Waals surface area contributed by atoms with Gasteiger partial charge in [-0.05, 0) is 30.7 Å². The molecule has 2 aromatic heterocycles. The molecule has 0 saturated carbocycles. The first-order valence-corrected chi connectivity index (χ1v) is 8.75. The average Bonchev–Trinajstić information content (AvgIpc) is 3.25. The van der Waals surface area contributed by atoms with Crippen molar-refractivity contribution in [2.24, 2.45) is 0 Å². The molecular formula is C19H23N5O3. The minimum atomic E-state index is -0.272. The van der Waals surface area contributed by atoms with E-state index in [0.29, 0.717) is 26.1 Å². The number of carbonyl (C=O) groups excluding carboxylic acids is 1. The van der Waals surface area contributed by atoms with Crippen molar-refractivity contribution < 1.29 is 14.3 Å². The number of ether oxygens (including phenoxy) is 2. The molecule has 0 saturated heterocycles. The van der Waals surface area contributed by atoms with Crippen molar-refractivity contribution in [2.45, 2.75) is 33.4 Å². The van der Waals surface area contributed by atoms with Gasteiger partial charge in [0.2, 0.25) is 0 Å². The summed E-state index contributed by atoms with van der Waals surface area (Å²) in [7, 11) is 1.65. The Morgan fingerprint density at radius 2 is 2.00 bits per heavy atom. The molecule has 0 N–H and O–H groups in total. The number of methoxy groups -OCH3 is 1. The zero-order chi connectivity index (χ0) is 19.2. The van der Waals surface area contributed by atoms with Crippen molar-refractivity contribution >= 4 is 5.97 Å². The predicted molar refractivity (Wildman–Crippen MR) is 99.3 cm³/mol. The van der Waals surface area contributed by atoms with Crippen LogP contribution in [0, 0.1) is 6.92 Å². The second kappa shape index (κ2) is 8.48. The highest BCUT2D eigenvalue weighted by atomic mass is 16.5. The standard InChI is InChI=1S/C19H23N5O3/c1-14-11-18(24(22-14)9-4-10-27-15(2)25)19-21-20-13-23(19)12-16-5-7-17(26-3)8-6-16/h5-8,11,13H,4,9-10,12H2,1-3H3. The Morgan fingerprint density at radius 1 is 1.22 bits per heavy atom.